The number of aromatic nitrogens is 2. The van der Waals surface area contributed by atoms with Crippen molar-refractivity contribution < 1.29 is 0 Å². The highest BCUT2D eigenvalue weighted by atomic mass is 32.1. The average molecular weight is 275 g/mol. The van der Waals surface area contributed by atoms with Crippen LogP contribution in [0.15, 0.2) is 28.6 Å². The first kappa shape index (κ1) is 13.7. The Balaban J connectivity index is 2.13. The Bertz CT molecular complexity index is 654. The van der Waals surface area contributed by atoms with Crippen LogP contribution >= 0.6 is 11.3 Å². The first-order chi connectivity index (χ1) is 9.24. The van der Waals surface area contributed by atoms with E-state index in [9.17, 15) is 4.79 Å². The molecule has 0 aliphatic carbocycles. The highest BCUT2D eigenvalue weighted by molar-refractivity contribution is 7.10. The Hall–Kier alpha value is -1.77. The van der Waals surface area contributed by atoms with E-state index in [0.717, 1.165) is 23.4 Å². The van der Waals surface area contributed by atoms with Crippen LogP contribution < -0.4 is 11.4 Å². The highest BCUT2D eigenvalue weighted by Gasteiger charge is 2.04. The molecule has 0 atom stereocenters. The Labute approximate surface area is 116 Å². The number of thiophene rings is 1. The molecular weight excluding hydrogens is 258 g/mol. The van der Waals surface area contributed by atoms with E-state index in [1.807, 2.05) is 23.8 Å². The van der Waals surface area contributed by atoms with Gasteiger partial charge in [0.15, 0.2) is 0 Å². The number of hydrogen-bond acceptors (Lipinski definition) is 3. The molecule has 2 N–H and O–H groups in total. The molecule has 19 heavy (non-hydrogen) atoms. The van der Waals surface area contributed by atoms with Crippen LogP contribution in [0.1, 0.15) is 23.8 Å². The van der Waals surface area contributed by atoms with Crippen LogP contribution in [-0.2, 0) is 13.1 Å². The van der Waals surface area contributed by atoms with Gasteiger partial charge in [-0.15, -0.1) is 11.3 Å². The lowest BCUT2D eigenvalue weighted by molar-refractivity contribution is 0.625. The van der Waals surface area contributed by atoms with Crippen LogP contribution in [0.5, 0.6) is 0 Å². The lowest BCUT2D eigenvalue weighted by Crippen LogP contribution is -2.24. The summed E-state index contributed by atoms with van der Waals surface area (Å²) in [5.74, 6) is 5.82. The number of hydrogen-bond donors (Lipinski definition) is 1. The van der Waals surface area contributed by atoms with Crippen LogP contribution in [0, 0.1) is 11.8 Å². The SMILES string of the molecule is CCCn1ccn(Cc2cc(C#CCN)cs2)c1=O. The third-order valence-corrected chi connectivity index (χ3v) is 3.62. The molecule has 2 rings (SSSR count). The van der Waals surface area contributed by atoms with Crippen LogP contribution in [0.25, 0.3) is 0 Å². The van der Waals surface area contributed by atoms with Gasteiger partial charge in [-0.2, -0.15) is 0 Å². The normalized spacial score (nSPS) is 10.2. The second-order valence-corrected chi connectivity index (χ2v) is 5.21. The van der Waals surface area contributed by atoms with Crippen LogP contribution in [0.3, 0.4) is 0 Å². The molecule has 0 fully saturated rings. The predicted molar refractivity (Wildman–Crippen MR) is 78.3 cm³/mol. The molecule has 0 saturated heterocycles. The van der Waals surface area contributed by atoms with Crippen LogP contribution in [0.2, 0.25) is 0 Å². The van der Waals surface area contributed by atoms with Crippen molar-refractivity contribution >= 4 is 11.3 Å². The zero-order valence-corrected chi connectivity index (χ0v) is 11.7. The predicted octanol–water partition coefficient (Wildman–Crippen LogP) is 1.48. The Morgan fingerprint density at radius 2 is 2.16 bits per heavy atom. The smallest absolute Gasteiger partial charge is 0.320 e. The fraction of sp³-hybridized carbons (Fsp3) is 0.357. The fourth-order valence-electron chi connectivity index (χ4n) is 1.83. The molecule has 0 unspecified atom stereocenters. The van der Waals surface area contributed by atoms with Gasteiger partial charge in [0.1, 0.15) is 0 Å². The van der Waals surface area contributed by atoms with Gasteiger partial charge in [0, 0.05) is 34.8 Å². The van der Waals surface area contributed by atoms with Gasteiger partial charge in [0.05, 0.1) is 13.1 Å². The van der Waals surface area contributed by atoms with Crippen LogP contribution in [0.4, 0.5) is 0 Å². The van der Waals surface area contributed by atoms with Gasteiger partial charge in [0.2, 0.25) is 0 Å². The van der Waals surface area contributed by atoms with Crippen molar-refractivity contribution in [2.24, 2.45) is 5.73 Å². The molecule has 4 nitrogen and oxygen atoms in total. The van der Waals surface area contributed by atoms with Gasteiger partial charge in [-0.1, -0.05) is 18.8 Å². The van der Waals surface area contributed by atoms with Gasteiger partial charge in [-0.05, 0) is 12.5 Å². The first-order valence-corrected chi connectivity index (χ1v) is 7.14. The van der Waals surface area contributed by atoms with Gasteiger partial charge in [-0.3, -0.25) is 9.13 Å². The second kappa shape index (κ2) is 6.41. The lowest BCUT2D eigenvalue weighted by Gasteiger charge is -1.99. The van der Waals surface area contributed by atoms with E-state index in [4.69, 9.17) is 5.73 Å². The Morgan fingerprint density at radius 3 is 2.89 bits per heavy atom. The zero-order chi connectivity index (χ0) is 13.7. The van der Waals surface area contributed by atoms with E-state index in [-0.39, 0.29) is 5.69 Å². The van der Waals surface area contributed by atoms with E-state index in [2.05, 4.69) is 18.8 Å². The summed E-state index contributed by atoms with van der Waals surface area (Å²) in [7, 11) is 0. The lowest BCUT2D eigenvalue weighted by atomic mass is 10.3. The van der Waals surface area contributed by atoms with E-state index >= 15 is 0 Å². The third kappa shape index (κ3) is 3.37. The molecule has 0 bridgehead atoms. The van der Waals surface area contributed by atoms with E-state index in [0.29, 0.717) is 13.1 Å². The summed E-state index contributed by atoms with van der Waals surface area (Å²) in [4.78, 5) is 13.2. The molecule has 0 amide bonds. The van der Waals surface area contributed by atoms with Crippen molar-refractivity contribution in [2.75, 3.05) is 6.54 Å². The Morgan fingerprint density at radius 1 is 1.37 bits per heavy atom. The molecule has 0 aliphatic heterocycles. The van der Waals surface area contributed by atoms with Gasteiger partial charge in [-0.25, -0.2) is 4.79 Å². The Kier molecular flexibility index (Phi) is 4.61. The molecule has 2 heterocycles. The van der Waals surface area contributed by atoms with Gasteiger partial charge < -0.3 is 5.73 Å². The van der Waals surface area contributed by atoms with Crippen molar-refractivity contribution in [3.05, 3.63) is 44.8 Å². The summed E-state index contributed by atoms with van der Waals surface area (Å²) < 4.78 is 3.46. The molecule has 100 valence electrons. The molecule has 2 aromatic rings. The summed E-state index contributed by atoms with van der Waals surface area (Å²) in [5, 5.41) is 1.99. The van der Waals surface area contributed by atoms with E-state index < -0.39 is 0 Å². The summed E-state index contributed by atoms with van der Waals surface area (Å²) in [6, 6.07) is 2.01. The number of aryl methyl sites for hydroxylation is 1. The zero-order valence-electron chi connectivity index (χ0n) is 10.9. The van der Waals surface area contributed by atoms with Gasteiger partial charge >= 0.3 is 5.69 Å². The summed E-state index contributed by atoms with van der Waals surface area (Å²) in [6.07, 6.45) is 4.64. The van der Waals surface area contributed by atoms with Crippen molar-refractivity contribution in [1.82, 2.24) is 9.13 Å². The minimum absolute atomic E-state index is 0.0462. The molecule has 0 spiro atoms. The van der Waals surface area contributed by atoms with Crippen LogP contribution in [-0.4, -0.2) is 15.7 Å². The molecule has 5 heteroatoms. The molecule has 0 aromatic carbocycles. The summed E-state index contributed by atoms with van der Waals surface area (Å²) >= 11 is 1.61. The molecule has 0 aliphatic rings. The molecule has 0 radical (unpaired) electrons. The van der Waals surface area contributed by atoms with Crippen molar-refractivity contribution in [3.63, 3.8) is 0 Å². The maximum Gasteiger partial charge on any atom is 0.328 e. The minimum atomic E-state index is 0.0462. The second-order valence-electron chi connectivity index (χ2n) is 4.21. The topological polar surface area (TPSA) is 52.9 Å². The number of nitrogens with zero attached hydrogens (tertiary/aromatic N) is 2. The average Bonchev–Trinajstić information content (AvgIpc) is 2.98. The largest absolute Gasteiger partial charge is 0.328 e. The van der Waals surface area contributed by atoms with Gasteiger partial charge in [0.25, 0.3) is 0 Å². The number of rotatable bonds is 4. The van der Waals surface area contributed by atoms with Crippen molar-refractivity contribution in [2.45, 2.75) is 26.4 Å². The molecule has 2 aromatic heterocycles. The monoisotopic (exact) mass is 275 g/mol. The maximum atomic E-state index is 12.0. The maximum absolute atomic E-state index is 12.0. The molecular formula is C14H17N3OS. The first-order valence-electron chi connectivity index (χ1n) is 6.26. The molecule has 0 saturated carbocycles. The van der Waals surface area contributed by atoms with E-state index in [1.165, 1.54) is 0 Å². The van der Waals surface area contributed by atoms with E-state index in [1.54, 1.807) is 20.5 Å². The van der Waals surface area contributed by atoms with Crippen molar-refractivity contribution in [1.29, 1.82) is 0 Å². The number of nitrogens with two attached hydrogens (primary N) is 1. The highest BCUT2D eigenvalue weighted by Crippen LogP contribution is 2.14. The fourth-order valence-corrected chi connectivity index (χ4v) is 2.65. The van der Waals surface area contributed by atoms with Crippen molar-refractivity contribution in [3.8, 4) is 11.8 Å². The third-order valence-electron chi connectivity index (χ3n) is 2.70. The number of imidazole rings is 1. The quantitative estimate of drug-likeness (QED) is 0.859. The summed E-state index contributed by atoms with van der Waals surface area (Å²) in [6.45, 7) is 3.80. The standard InChI is InChI=1S/C14H17N3OS/c1-2-6-16-7-8-17(14(16)18)10-13-9-12(11-19-13)4-3-5-15/h7-9,11H,2,5-6,10,15H2,1H3. The summed E-state index contributed by atoms with van der Waals surface area (Å²) in [5.41, 5.74) is 6.35. The minimum Gasteiger partial charge on any atom is -0.320 e.